The fraction of sp³-hybridized carbons (Fsp3) is 0.143. The van der Waals surface area contributed by atoms with Crippen molar-refractivity contribution < 1.29 is 4.74 Å². The number of nitrogens with zero attached hydrogens (tertiary/aromatic N) is 3. The number of benzene rings is 1. The first-order chi connectivity index (χ1) is 9.83. The van der Waals surface area contributed by atoms with Crippen LogP contribution in [0.5, 0.6) is 5.75 Å². The molecule has 102 valence electrons. The van der Waals surface area contributed by atoms with Crippen LogP contribution in [0.15, 0.2) is 41.8 Å². The van der Waals surface area contributed by atoms with Crippen LogP contribution in [-0.4, -0.2) is 22.1 Å². The Bertz CT molecular complexity index is 706. The number of hydrogen-bond acceptors (Lipinski definition) is 5. The Morgan fingerprint density at radius 3 is 2.90 bits per heavy atom. The third-order valence-corrected chi connectivity index (χ3v) is 3.86. The van der Waals surface area contributed by atoms with Gasteiger partial charge < -0.3 is 10.5 Å². The second-order valence-corrected chi connectivity index (χ2v) is 5.13. The van der Waals surface area contributed by atoms with E-state index in [1.807, 2.05) is 41.8 Å². The molecule has 3 aromatic rings. The van der Waals surface area contributed by atoms with Gasteiger partial charge in [-0.2, -0.15) is 0 Å². The first kappa shape index (κ1) is 12.8. The highest BCUT2D eigenvalue weighted by atomic mass is 32.1. The monoisotopic (exact) mass is 286 g/mol. The molecule has 0 amide bonds. The van der Waals surface area contributed by atoms with Crippen molar-refractivity contribution in [1.82, 2.24) is 15.0 Å². The molecule has 3 rings (SSSR count). The van der Waals surface area contributed by atoms with Gasteiger partial charge in [-0.1, -0.05) is 17.3 Å². The molecule has 0 saturated heterocycles. The number of hydrogen-bond donors (Lipinski definition) is 1. The fourth-order valence-corrected chi connectivity index (χ4v) is 2.81. The molecule has 0 bridgehead atoms. The second kappa shape index (κ2) is 5.44. The zero-order valence-corrected chi connectivity index (χ0v) is 11.8. The van der Waals surface area contributed by atoms with Gasteiger partial charge in [0.15, 0.2) is 0 Å². The molecule has 0 spiro atoms. The lowest BCUT2D eigenvalue weighted by atomic mass is 10.2. The summed E-state index contributed by atoms with van der Waals surface area (Å²) in [6.07, 6.45) is 0. The summed E-state index contributed by atoms with van der Waals surface area (Å²) < 4.78 is 7.06. The standard InChI is InChI=1S/C14H14N4OS/c1-19-11-5-2-4-10(8-11)18-14(12(9-15)16-17-18)13-6-3-7-20-13/h2-8H,9,15H2,1H3. The first-order valence-electron chi connectivity index (χ1n) is 6.16. The van der Waals surface area contributed by atoms with Crippen LogP contribution in [0.25, 0.3) is 16.3 Å². The Labute approximate surface area is 120 Å². The third-order valence-electron chi connectivity index (χ3n) is 2.99. The minimum atomic E-state index is 0.358. The Kier molecular flexibility index (Phi) is 3.49. The minimum Gasteiger partial charge on any atom is -0.497 e. The highest BCUT2D eigenvalue weighted by Crippen LogP contribution is 2.29. The summed E-state index contributed by atoms with van der Waals surface area (Å²) in [5.41, 5.74) is 8.40. The van der Waals surface area contributed by atoms with E-state index in [0.717, 1.165) is 27.7 Å². The van der Waals surface area contributed by atoms with Crippen molar-refractivity contribution in [3.05, 3.63) is 47.5 Å². The van der Waals surface area contributed by atoms with Gasteiger partial charge in [0.2, 0.25) is 0 Å². The lowest BCUT2D eigenvalue weighted by Crippen LogP contribution is -2.02. The van der Waals surface area contributed by atoms with E-state index < -0.39 is 0 Å². The Hall–Kier alpha value is -2.18. The van der Waals surface area contributed by atoms with Crippen molar-refractivity contribution in [3.63, 3.8) is 0 Å². The summed E-state index contributed by atoms with van der Waals surface area (Å²) in [7, 11) is 1.64. The van der Waals surface area contributed by atoms with Crippen LogP contribution >= 0.6 is 11.3 Å². The lowest BCUT2D eigenvalue weighted by molar-refractivity contribution is 0.414. The van der Waals surface area contributed by atoms with Crippen molar-refractivity contribution in [2.24, 2.45) is 5.73 Å². The lowest BCUT2D eigenvalue weighted by Gasteiger charge is -2.07. The number of methoxy groups -OCH3 is 1. The number of thiophene rings is 1. The van der Waals surface area contributed by atoms with Crippen LogP contribution in [0.1, 0.15) is 5.69 Å². The predicted molar refractivity (Wildman–Crippen MR) is 79.1 cm³/mol. The van der Waals surface area contributed by atoms with Gasteiger partial charge in [-0.25, -0.2) is 4.68 Å². The average molecular weight is 286 g/mol. The predicted octanol–water partition coefficient (Wildman–Crippen LogP) is 2.46. The average Bonchev–Trinajstić information content (AvgIpc) is 3.15. The molecule has 2 N–H and O–H groups in total. The highest BCUT2D eigenvalue weighted by Gasteiger charge is 2.16. The van der Waals surface area contributed by atoms with Gasteiger partial charge in [-0.3, -0.25) is 0 Å². The summed E-state index contributed by atoms with van der Waals surface area (Å²) in [5.74, 6) is 0.782. The maximum Gasteiger partial charge on any atom is 0.121 e. The number of rotatable bonds is 4. The SMILES string of the molecule is COc1cccc(-n2nnc(CN)c2-c2cccs2)c1. The second-order valence-electron chi connectivity index (χ2n) is 4.18. The molecule has 0 aliphatic rings. The molecule has 0 unspecified atom stereocenters. The summed E-state index contributed by atoms with van der Waals surface area (Å²) in [6.45, 7) is 0.358. The molecule has 6 heteroatoms. The normalized spacial score (nSPS) is 10.7. The van der Waals surface area contributed by atoms with E-state index in [9.17, 15) is 0 Å². The molecular formula is C14H14N4OS. The molecule has 0 radical (unpaired) electrons. The molecule has 2 aromatic heterocycles. The molecule has 0 aliphatic carbocycles. The van der Waals surface area contributed by atoms with Gasteiger partial charge in [0, 0.05) is 12.6 Å². The minimum absolute atomic E-state index is 0.358. The van der Waals surface area contributed by atoms with Crippen molar-refractivity contribution in [2.75, 3.05) is 7.11 Å². The van der Waals surface area contributed by atoms with E-state index in [1.165, 1.54) is 0 Å². The van der Waals surface area contributed by atoms with E-state index in [0.29, 0.717) is 6.54 Å². The molecule has 0 fully saturated rings. The Balaban J connectivity index is 2.16. The van der Waals surface area contributed by atoms with Gasteiger partial charge in [0.25, 0.3) is 0 Å². The summed E-state index contributed by atoms with van der Waals surface area (Å²) in [6, 6.07) is 11.8. The molecule has 0 atom stereocenters. The molecule has 20 heavy (non-hydrogen) atoms. The topological polar surface area (TPSA) is 66.0 Å². The first-order valence-corrected chi connectivity index (χ1v) is 7.04. The third kappa shape index (κ3) is 2.19. The number of nitrogens with two attached hydrogens (primary N) is 1. The zero-order valence-electron chi connectivity index (χ0n) is 11.0. The molecule has 1 aromatic carbocycles. The smallest absolute Gasteiger partial charge is 0.121 e. The fourth-order valence-electron chi connectivity index (χ4n) is 2.03. The van der Waals surface area contributed by atoms with Gasteiger partial charge in [-0.15, -0.1) is 16.4 Å². The van der Waals surface area contributed by atoms with Crippen molar-refractivity contribution in [1.29, 1.82) is 0 Å². The van der Waals surface area contributed by atoms with Gasteiger partial charge in [0.05, 0.1) is 17.7 Å². The molecule has 0 aliphatic heterocycles. The quantitative estimate of drug-likeness (QED) is 0.800. The number of aromatic nitrogens is 3. The largest absolute Gasteiger partial charge is 0.497 e. The zero-order chi connectivity index (χ0) is 13.9. The van der Waals surface area contributed by atoms with E-state index in [2.05, 4.69) is 10.3 Å². The highest BCUT2D eigenvalue weighted by molar-refractivity contribution is 7.13. The van der Waals surface area contributed by atoms with Crippen LogP contribution in [0.2, 0.25) is 0 Å². The van der Waals surface area contributed by atoms with Crippen LogP contribution in [0.3, 0.4) is 0 Å². The maximum absolute atomic E-state index is 5.77. The van der Waals surface area contributed by atoms with Crippen molar-refractivity contribution in [3.8, 4) is 22.0 Å². The Morgan fingerprint density at radius 1 is 1.30 bits per heavy atom. The van der Waals surface area contributed by atoms with Crippen LogP contribution in [0, 0.1) is 0 Å². The summed E-state index contributed by atoms with van der Waals surface area (Å²) in [4.78, 5) is 1.10. The van der Waals surface area contributed by atoms with E-state index >= 15 is 0 Å². The number of ether oxygens (including phenoxy) is 1. The van der Waals surface area contributed by atoms with Gasteiger partial charge in [0.1, 0.15) is 17.1 Å². The van der Waals surface area contributed by atoms with Gasteiger partial charge in [-0.05, 0) is 23.6 Å². The molecular weight excluding hydrogens is 272 g/mol. The Morgan fingerprint density at radius 2 is 2.20 bits per heavy atom. The van der Waals surface area contributed by atoms with E-state index in [-0.39, 0.29) is 0 Å². The summed E-state index contributed by atoms with van der Waals surface area (Å²) >= 11 is 1.64. The van der Waals surface area contributed by atoms with Crippen LogP contribution in [-0.2, 0) is 6.54 Å². The maximum atomic E-state index is 5.77. The van der Waals surface area contributed by atoms with E-state index in [1.54, 1.807) is 23.1 Å². The van der Waals surface area contributed by atoms with E-state index in [4.69, 9.17) is 10.5 Å². The molecule has 0 saturated carbocycles. The molecule has 5 nitrogen and oxygen atoms in total. The van der Waals surface area contributed by atoms with Crippen molar-refractivity contribution in [2.45, 2.75) is 6.54 Å². The van der Waals surface area contributed by atoms with Gasteiger partial charge >= 0.3 is 0 Å². The van der Waals surface area contributed by atoms with Crippen molar-refractivity contribution >= 4 is 11.3 Å². The van der Waals surface area contributed by atoms with Crippen LogP contribution in [0.4, 0.5) is 0 Å². The summed E-state index contributed by atoms with van der Waals surface area (Å²) in [5, 5.41) is 10.4. The molecule has 2 heterocycles. The van der Waals surface area contributed by atoms with Crippen LogP contribution < -0.4 is 10.5 Å².